The third-order valence-corrected chi connectivity index (χ3v) is 13.0. The van der Waals surface area contributed by atoms with Crippen LogP contribution in [0.2, 0.25) is 0 Å². The van der Waals surface area contributed by atoms with Crippen molar-refractivity contribution in [3.8, 4) is 0 Å². The van der Waals surface area contributed by atoms with E-state index in [9.17, 15) is 15.0 Å². The predicted octanol–water partition coefficient (Wildman–Crippen LogP) is 7.23. The van der Waals surface area contributed by atoms with Crippen LogP contribution in [0.4, 0.5) is 0 Å². The molecule has 3 heteroatoms. The number of carboxylic acid groups (broad SMARTS) is 1. The summed E-state index contributed by atoms with van der Waals surface area (Å²) in [5.41, 5.74) is 1.92. The lowest BCUT2D eigenvalue weighted by molar-refractivity contribution is -0.185. The minimum atomic E-state index is -0.597. The highest BCUT2D eigenvalue weighted by Crippen LogP contribution is 2.75. The number of aliphatic carboxylic acids is 1. The van der Waals surface area contributed by atoms with Crippen LogP contribution in [0, 0.1) is 50.2 Å². The number of fused-ring (bicyclic) bond motifs is 7. The van der Waals surface area contributed by atoms with E-state index < -0.39 is 11.4 Å². The molecule has 9 unspecified atom stereocenters. The summed E-state index contributed by atoms with van der Waals surface area (Å²) in [5, 5.41) is 21.0. The lowest BCUT2D eigenvalue weighted by Crippen LogP contribution is -2.63. The summed E-state index contributed by atoms with van der Waals surface area (Å²) in [6.07, 6.45) is 13.2. The van der Waals surface area contributed by atoms with Crippen LogP contribution in [0.1, 0.15) is 113 Å². The molecule has 4 fully saturated rings. The highest BCUT2D eigenvalue weighted by atomic mass is 16.4. The van der Waals surface area contributed by atoms with Crippen LogP contribution in [-0.4, -0.2) is 22.3 Å². The van der Waals surface area contributed by atoms with Gasteiger partial charge in [0, 0.05) is 0 Å². The van der Waals surface area contributed by atoms with E-state index in [0.717, 1.165) is 38.5 Å². The van der Waals surface area contributed by atoms with Crippen LogP contribution in [0.15, 0.2) is 11.6 Å². The third kappa shape index (κ3) is 2.93. The van der Waals surface area contributed by atoms with Gasteiger partial charge < -0.3 is 10.2 Å². The van der Waals surface area contributed by atoms with Gasteiger partial charge in [-0.15, -0.1) is 0 Å². The number of hydrogen-bond donors (Lipinski definition) is 2. The molecular formula is C30H48O3. The number of hydrogen-bond acceptors (Lipinski definition) is 2. The molecule has 5 rings (SSSR count). The van der Waals surface area contributed by atoms with Gasteiger partial charge in [-0.25, -0.2) is 0 Å². The number of aliphatic hydroxyl groups is 1. The first-order valence-corrected chi connectivity index (χ1v) is 13.8. The van der Waals surface area contributed by atoms with E-state index >= 15 is 0 Å². The first-order chi connectivity index (χ1) is 15.1. The first-order valence-electron chi connectivity index (χ1n) is 13.8. The Kier molecular flexibility index (Phi) is 4.99. The largest absolute Gasteiger partial charge is 0.481 e. The Labute approximate surface area is 201 Å². The normalized spacial score (nSPS) is 55.3. The van der Waals surface area contributed by atoms with Crippen LogP contribution < -0.4 is 0 Å². The first kappa shape index (κ1) is 23.9. The van der Waals surface area contributed by atoms with Gasteiger partial charge in [0.15, 0.2) is 0 Å². The molecule has 0 amide bonds. The lowest BCUT2D eigenvalue weighted by Gasteiger charge is -2.70. The summed E-state index contributed by atoms with van der Waals surface area (Å²) >= 11 is 0. The van der Waals surface area contributed by atoms with Gasteiger partial charge in [-0.1, -0.05) is 53.2 Å². The average molecular weight is 457 g/mol. The van der Waals surface area contributed by atoms with E-state index in [1.54, 1.807) is 5.57 Å². The topological polar surface area (TPSA) is 57.5 Å². The predicted molar refractivity (Wildman–Crippen MR) is 133 cm³/mol. The molecule has 0 radical (unpaired) electrons. The smallest absolute Gasteiger partial charge is 0.309 e. The molecule has 0 bridgehead atoms. The summed E-state index contributed by atoms with van der Waals surface area (Å²) in [4.78, 5) is 12.3. The fourth-order valence-corrected chi connectivity index (χ4v) is 10.9. The Morgan fingerprint density at radius 2 is 1.42 bits per heavy atom. The lowest BCUT2D eigenvalue weighted by atomic mass is 9.34. The standard InChI is InChI=1S/C30H48O3/c1-25(2)19-9-13-29(6)20-8-12-26(3)16-17-27(4,24(32)33)18-22(26)30(20,7)14-10-21(29)28(19,5)15-11-23(25)31/h8,19,21-23,31H,9-18H2,1-7H3,(H,32,33). The quantitative estimate of drug-likeness (QED) is 0.409. The molecule has 0 saturated heterocycles. The number of carbonyl (C=O) groups is 1. The average Bonchev–Trinajstić information content (AvgIpc) is 2.71. The van der Waals surface area contributed by atoms with Gasteiger partial charge in [0.05, 0.1) is 11.5 Å². The summed E-state index contributed by atoms with van der Waals surface area (Å²) in [6, 6.07) is 0. The van der Waals surface area contributed by atoms with Crippen LogP contribution in [-0.2, 0) is 4.79 Å². The van der Waals surface area contributed by atoms with Gasteiger partial charge >= 0.3 is 5.97 Å². The zero-order valence-electron chi connectivity index (χ0n) is 22.3. The monoisotopic (exact) mass is 456 g/mol. The SMILES string of the molecule is CC1(C(=O)O)CCC2(C)CC=C3C(C)(CCC4C3(C)CCC3C(C)(C)C(O)CCC43C)C2C1. The molecule has 0 aromatic rings. The minimum absolute atomic E-state index is 0.0126. The zero-order chi connectivity index (χ0) is 24.2. The molecule has 186 valence electrons. The van der Waals surface area contributed by atoms with Crippen molar-refractivity contribution in [2.45, 2.75) is 119 Å². The number of carboxylic acids is 1. The van der Waals surface area contributed by atoms with Gasteiger partial charge in [0.1, 0.15) is 0 Å². The van der Waals surface area contributed by atoms with Gasteiger partial charge in [0.2, 0.25) is 0 Å². The maximum absolute atomic E-state index is 12.3. The fourth-order valence-electron chi connectivity index (χ4n) is 10.9. The number of allylic oxidation sites excluding steroid dienone is 2. The zero-order valence-corrected chi connectivity index (χ0v) is 22.3. The van der Waals surface area contributed by atoms with Crippen LogP contribution in [0.3, 0.4) is 0 Å². The van der Waals surface area contributed by atoms with Gasteiger partial charge in [-0.05, 0) is 116 Å². The van der Waals surface area contributed by atoms with Gasteiger partial charge in [0.25, 0.3) is 0 Å². The van der Waals surface area contributed by atoms with Gasteiger partial charge in [-0.3, -0.25) is 4.79 Å². The van der Waals surface area contributed by atoms with Crippen molar-refractivity contribution in [1.82, 2.24) is 0 Å². The van der Waals surface area contributed by atoms with Crippen LogP contribution in [0.25, 0.3) is 0 Å². The second-order valence-corrected chi connectivity index (χ2v) is 15.0. The van der Waals surface area contributed by atoms with Crippen molar-refractivity contribution in [2.75, 3.05) is 0 Å². The summed E-state index contributed by atoms with van der Waals surface area (Å²) in [7, 11) is 0. The van der Waals surface area contributed by atoms with Crippen LogP contribution in [0.5, 0.6) is 0 Å². The van der Waals surface area contributed by atoms with E-state index in [1.165, 1.54) is 25.7 Å². The maximum Gasteiger partial charge on any atom is 0.309 e. The molecule has 4 saturated carbocycles. The van der Waals surface area contributed by atoms with E-state index in [-0.39, 0.29) is 33.2 Å². The fraction of sp³-hybridized carbons (Fsp3) is 0.900. The molecule has 33 heavy (non-hydrogen) atoms. The van der Waals surface area contributed by atoms with Gasteiger partial charge in [-0.2, -0.15) is 0 Å². The molecule has 0 heterocycles. The second kappa shape index (κ2) is 6.89. The Morgan fingerprint density at radius 1 is 0.818 bits per heavy atom. The molecular weight excluding hydrogens is 408 g/mol. The Hall–Kier alpha value is -0.830. The molecule has 2 N–H and O–H groups in total. The highest BCUT2D eigenvalue weighted by Gasteiger charge is 2.67. The van der Waals surface area contributed by atoms with Crippen molar-refractivity contribution < 1.29 is 15.0 Å². The van der Waals surface area contributed by atoms with Crippen molar-refractivity contribution in [2.24, 2.45) is 50.2 Å². The summed E-state index contributed by atoms with van der Waals surface area (Å²) in [5.74, 6) is 1.09. The molecule has 9 atom stereocenters. The highest BCUT2D eigenvalue weighted by molar-refractivity contribution is 5.74. The van der Waals surface area contributed by atoms with Crippen molar-refractivity contribution in [3.63, 3.8) is 0 Å². The molecule has 0 aromatic carbocycles. The number of rotatable bonds is 1. The molecule has 5 aliphatic carbocycles. The number of aliphatic hydroxyl groups excluding tert-OH is 1. The van der Waals surface area contributed by atoms with Crippen molar-refractivity contribution in [3.05, 3.63) is 11.6 Å². The van der Waals surface area contributed by atoms with Crippen LogP contribution >= 0.6 is 0 Å². The molecule has 0 aromatic heterocycles. The van der Waals surface area contributed by atoms with E-state index in [4.69, 9.17) is 0 Å². The minimum Gasteiger partial charge on any atom is -0.481 e. The van der Waals surface area contributed by atoms with E-state index in [2.05, 4.69) is 47.6 Å². The van der Waals surface area contributed by atoms with Crippen molar-refractivity contribution in [1.29, 1.82) is 0 Å². The Balaban J connectivity index is 1.55. The van der Waals surface area contributed by atoms with E-state index in [1.807, 2.05) is 6.92 Å². The Bertz CT molecular complexity index is 889. The Morgan fingerprint density at radius 3 is 2.06 bits per heavy atom. The molecule has 3 nitrogen and oxygen atoms in total. The third-order valence-electron chi connectivity index (χ3n) is 13.0. The summed E-state index contributed by atoms with van der Waals surface area (Å²) < 4.78 is 0. The van der Waals surface area contributed by atoms with Crippen molar-refractivity contribution >= 4 is 5.97 Å². The molecule has 0 spiro atoms. The van der Waals surface area contributed by atoms with E-state index in [0.29, 0.717) is 17.8 Å². The second-order valence-electron chi connectivity index (χ2n) is 15.0. The maximum atomic E-state index is 12.3. The molecule has 0 aliphatic heterocycles. The molecule has 5 aliphatic rings. The summed E-state index contributed by atoms with van der Waals surface area (Å²) in [6.45, 7) is 16.7.